The Labute approximate surface area is 154 Å². The molecule has 26 heavy (non-hydrogen) atoms. The highest BCUT2D eigenvalue weighted by atomic mass is 15.2. The molecule has 1 aromatic carbocycles. The van der Waals surface area contributed by atoms with Crippen molar-refractivity contribution in [1.82, 2.24) is 15.0 Å². The van der Waals surface area contributed by atoms with Crippen molar-refractivity contribution in [3.63, 3.8) is 0 Å². The van der Waals surface area contributed by atoms with Crippen molar-refractivity contribution in [2.24, 2.45) is 0 Å². The third-order valence-electron chi connectivity index (χ3n) is 3.99. The van der Waals surface area contributed by atoms with Gasteiger partial charge in [-0.25, -0.2) is 0 Å². The third-order valence-corrected chi connectivity index (χ3v) is 3.99. The first-order chi connectivity index (χ1) is 12.2. The highest BCUT2D eigenvalue weighted by molar-refractivity contribution is 5.88. The van der Waals surface area contributed by atoms with E-state index in [2.05, 4.69) is 52.9 Å². The number of nitrogens with zero attached hydrogens (tertiary/aromatic N) is 3. The van der Waals surface area contributed by atoms with Crippen molar-refractivity contribution in [3.8, 4) is 0 Å². The molecule has 6 heteroatoms. The molecule has 0 saturated carbocycles. The third kappa shape index (κ3) is 3.96. The van der Waals surface area contributed by atoms with Crippen molar-refractivity contribution in [3.05, 3.63) is 48.8 Å². The summed E-state index contributed by atoms with van der Waals surface area (Å²) in [4.78, 5) is 14.4. The lowest BCUT2D eigenvalue weighted by atomic mass is 10.1. The zero-order valence-corrected chi connectivity index (χ0v) is 16.0. The summed E-state index contributed by atoms with van der Waals surface area (Å²) < 4.78 is 0. The maximum atomic E-state index is 4.66. The van der Waals surface area contributed by atoms with Crippen LogP contribution in [-0.4, -0.2) is 27.5 Å². The number of allylic oxidation sites excluding steroid dienone is 1. The molecular formula is C20H26N6. The van der Waals surface area contributed by atoms with Gasteiger partial charge < -0.3 is 20.5 Å². The summed E-state index contributed by atoms with van der Waals surface area (Å²) in [7, 11) is 2.00. The number of aromatic amines is 1. The Morgan fingerprint density at radius 1 is 1.12 bits per heavy atom. The number of rotatable bonds is 5. The number of benzene rings is 1. The number of H-pyrrole nitrogens is 1. The Balaban J connectivity index is 1.88. The molecule has 3 aromatic rings. The lowest BCUT2D eigenvalue weighted by Gasteiger charge is -2.22. The van der Waals surface area contributed by atoms with Gasteiger partial charge in [0, 0.05) is 35.9 Å². The van der Waals surface area contributed by atoms with Crippen LogP contribution in [0.1, 0.15) is 27.7 Å². The van der Waals surface area contributed by atoms with Crippen LogP contribution in [0.3, 0.4) is 0 Å². The van der Waals surface area contributed by atoms with Gasteiger partial charge in [-0.1, -0.05) is 6.58 Å². The molecule has 0 aliphatic rings. The van der Waals surface area contributed by atoms with E-state index in [9.17, 15) is 0 Å². The minimum Gasteiger partial charge on any atom is -0.365 e. The van der Waals surface area contributed by atoms with Gasteiger partial charge in [-0.3, -0.25) is 0 Å². The van der Waals surface area contributed by atoms with Crippen LogP contribution in [0.15, 0.2) is 48.8 Å². The summed E-state index contributed by atoms with van der Waals surface area (Å²) in [5, 5.41) is 7.71. The van der Waals surface area contributed by atoms with Crippen molar-refractivity contribution < 1.29 is 0 Å². The fourth-order valence-corrected chi connectivity index (χ4v) is 2.57. The largest absolute Gasteiger partial charge is 0.365 e. The topological polar surface area (TPSA) is 68.9 Å². The zero-order valence-electron chi connectivity index (χ0n) is 16.0. The monoisotopic (exact) mass is 350 g/mol. The first-order valence-corrected chi connectivity index (χ1v) is 8.62. The summed E-state index contributed by atoms with van der Waals surface area (Å²) in [6, 6.07) is 10.1. The summed E-state index contributed by atoms with van der Waals surface area (Å²) in [6.45, 7) is 12.3. The standard InChI is InChI=1S/C20H26N6/c1-13(2)26(6)15-9-7-14(8-10-15)22-19-23-17-16(11-12-21-17)18(24-19)25-20(3,4)5/h7-12H,1H2,2-6H3,(H3,21,22,23,24,25). The molecule has 3 N–H and O–H groups in total. The van der Waals surface area contributed by atoms with E-state index >= 15 is 0 Å². The predicted molar refractivity (Wildman–Crippen MR) is 110 cm³/mol. The van der Waals surface area contributed by atoms with Crippen LogP contribution >= 0.6 is 0 Å². The van der Waals surface area contributed by atoms with Crippen LogP contribution in [0, 0.1) is 0 Å². The number of fused-ring (bicyclic) bond motifs is 1. The molecule has 0 bridgehead atoms. The van der Waals surface area contributed by atoms with Crippen LogP contribution in [0.4, 0.5) is 23.1 Å². The van der Waals surface area contributed by atoms with Crippen molar-refractivity contribution >= 4 is 34.2 Å². The lowest BCUT2D eigenvalue weighted by molar-refractivity contribution is 0.631. The van der Waals surface area contributed by atoms with Gasteiger partial charge in [-0.2, -0.15) is 9.97 Å². The Morgan fingerprint density at radius 2 is 1.81 bits per heavy atom. The molecule has 2 aromatic heterocycles. The molecule has 0 aliphatic heterocycles. The minimum absolute atomic E-state index is 0.0927. The van der Waals surface area contributed by atoms with Gasteiger partial charge in [0.2, 0.25) is 5.95 Å². The summed E-state index contributed by atoms with van der Waals surface area (Å²) in [5.41, 5.74) is 3.71. The van der Waals surface area contributed by atoms with E-state index < -0.39 is 0 Å². The Kier molecular flexibility index (Phi) is 4.59. The van der Waals surface area contributed by atoms with Crippen LogP contribution in [0.25, 0.3) is 11.0 Å². The van der Waals surface area contributed by atoms with Crippen LogP contribution < -0.4 is 15.5 Å². The predicted octanol–water partition coefficient (Wildman–Crippen LogP) is 4.88. The molecule has 0 amide bonds. The van der Waals surface area contributed by atoms with Gasteiger partial charge >= 0.3 is 0 Å². The van der Waals surface area contributed by atoms with E-state index in [1.54, 1.807) is 0 Å². The van der Waals surface area contributed by atoms with E-state index in [0.717, 1.165) is 33.9 Å². The second-order valence-corrected chi connectivity index (χ2v) is 7.48. The smallest absolute Gasteiger partial charge is 0.231 e. The van der Waals surface area contributed by atoms with Gasteiger partial charge in [-0.05, 0) is 58.0 Å². The van der Waals surface area contributed by atoms with Gasteiger partial charge in [0.25, 0.3) is 0 Å². The fourth-order valence-electron chi connectivity index (χ4n) is 2.57. The molecule has 0 unspecified atom stereocenters. The Hall–Kier alpha value is -3.02. The lowest BCUT2D eigenvalue weighted by Crippen LogP contribution is -2.27. The van der Waals surface area contributed by atoms with E-state index in [0.29, 0.717) is 5.95 Å². The quantitative estimate of drug-likeness (QED) is 0.612. The van der Waals surface area contributed by atoms with Crippen LogP contribution in [0.2, 0.25) is 0 Å². The molecule has 0 radical (unpaired) electrons. The van der Waals surface area contributed by atoms with E-state index in [4.69, 9.17) is 0 Å². The number of nitrogens with one attached hydrogen (secondary N) is 3. The normalized spacial score (nSPS) is 11.4. The number of anilines is 4. The second kappa shape index (κ2) is 6.71. The number of hydrogen-bond acceptors (Lipinski definition) is 5. The first kappa shape index (κ1) is 17.8. The zero-order chi connectivity index (χ0) is 18.9. The molecule has 0 saturated heterocycles. The van der Waals surface area contributed by atoms with E-state index in [-0.39, 0.29) is 5.54 Å². The van der Waals surface area contributed by atoms with Gasteiger partial charge in [0.05, 0.1) is 5.39 Å². The second-order valence-electron chi connectivity index (χ2n) is 7.48. The first-order valence-electron chi connectivity index (χ1n) is 8.62. The average molecular weight is 350 g/mol. The van der Waals surface area contributed by atoms with Crippen LogP contribution in [0.5, 0.6) is 0 Å². The molecule has 0 aliphatic carbocycles. The Bertz CT molecular complexity index is 918. The SMILES string of the molecule is C=C(C)N(C)c1ccc(Nc2nc(NC(C)(C)C)c3cc[nH]c3n2)cc1. The highest BCUT2D eigenvalue weighted by Crippen LogP contribution is 2.26. The molecule has 0 atom stereocenters. The number of aromatic nitrogens is 3. The van der Waals surface area contributed by atoms with Gasteiger partial charge in [-0.15, -0.1) is 0 Å². The van der Waals surface area contributed by atoms with Crippen LogP contribution in [-0.2, 0) is 0 Å². The van der Waals surface area contributed by atoms with Crippen molar-refractivity contribution in [2.45, 2.75) is 33.2 Å². The molecule has 0 fully saturated rings. The van der Waals surface area contributed by atoms with E-state index in [1.807, 2.05) is 55.4 Å². The molecule has 0 spiro atoms. The maximum absolute atomic E-state index is 4.66. The van der Waals surface area contributed by atoms with E-state index in [1.165, 1.54) is 0 Å². The summed E-state index contributed by atoms with van der Waals surface area (Å²) in [5.74, 6) is 1.36. The highest BCUT2D eigenvalue weighted by Gasteiger charge is 2.15. The average Bonchev–Trinajstić information content (AvgIpc) is 3.02. The summed E-state index contributed by atoms with van der Waals surface area (Å²) in [6.07, 6.45) is 1.87. The molecule has 3 rings (SSSR count). The molecule has 6 nitrogen and oxygen atoms in total. The van der Waals surface area contributed by atoms with Crippen molar-refractivity contribution in [1.29, 1.82) is 0 Å². The van der Waals surface area contributed by atoms with Gasteiger partial charge in [0.1, 0.15) is 11.5 Å². The van der Waals surface area contributed by atoms with Crippen molar-refractivity contribution in [2.75, 3.05) is 22.6 Å². The molecule has 2 heterocycles. The maximum Gasteiger partial charge on any atom is 0.231 e. The Morgan fingerprint density at radius 3 is 2.42 bits per heavy atom. The van der Waals surface area contributed by atoms with Gasteiger partial charge in [0.15, 0.2) is 0 Å². The molecule has 136 valence electrons. The summed E-state index contributed by atoms with van der Waals surface area (Å²) >= 11 is 0. The minimum atomic E-state index is -0.0927. The number of hydrogen-bond donors (Lipinski definition) is 3. The fraction of sp³-hybridized carbons (Fsp3) is 0.300. The molecular weight excluding hydrogens is 324 g/mol.